The zero-order valence-corrected chi connectivity index (χ0v) is 11.3. The second-order valence-corrected chi connectivity index (χ2v) is 5.06. The van der Waals surface area contributed by atoms with Crippen LogP contribution in [0.15, 0.2) is 12.7 Å². The van der Waals surface area contributed by atoms with Gasteiger partial charge in [0, 0.05) is 7.05 Å². The number of fused-ring (bicyclic) bond motifs is 1. The summed E-state index contributed by atoms with van der Waals surface area (Å²) in [5.74, 6) is 6.00. The second kappa shape index (κ2) is 4.38. The molecule has 0 saturated carbocycles. The van der Waals surface area contributed by atoms with Gasteiger partial charge in [-0.25, -0.2) is 24.4 Å². The number of nitrogen functional groups attached to an aromatic ring is 1. The predicted octanol–water partition coefficient (Wildman–Crippen LogP) is 0.911. The van der Waals surface area contributed by atoms with E-state index in [-0.39, 0.29) is 0 Å². The fraction of sp³-hybridized carbons (Fsp3) is 0.455. The van der Waals surface area contributed by atoms with Crippen LogP contribution in [0.25, 0.3) is 11.2 Å². The van der Waals surface area contributed by atoms with Crippen LogP contribution in [0.4, 0.5) is 10.6 Å². The van der Waals surface area contributed by atoms with Crippen LogP contribution in [0, 0.1) is 0 Å². The van der Waals surface area contributed by atoms with Crippen LogP contribution in [0.3, 0.4) is 0 Å². The summed E-state index contributed by atoms with van der Waals surface area (Å²) in [6.07, 6.45) is 2.22. The van der Waals surface area contributed by atoms with E-state index in [0.29, 0.717) is 17.0 Å². The number of carbonyl (C=O) groups excluding carboxylic acids is 1. The van der Waals surface area contributed by atoms with E-state index in [1.165, 1.54) is 22.2 Å². The minimum absolute atomic E-state index is 0.350. The summed E-state index contributed by atoms with van der Waals surface area (Å²) in [4.78, 5) is 25.4. The number of rotatable bonds is 1. The van der Waals surface area contributed by atoms with Crippen molar-refractivity contribution in [2.45, 2.75) is 26.4 Å². The van der Waals surface area contributed by atoms with E-state index < -0.39 is 11.7 Å². The SMILES string of the molecule is CN(C(=O)OC(C)(C)C)c1ncnc2c1ncn2N. The Labute approximate surface area is 110 Å². The van der Waals surface area contributed by atoms with E-state index >= 15 is 0 Å². The van der Waals surface area contributed by atoms with Crippen LogP contribution >= 0.6 is 0 Å². The average Bonchev–Trinajstić information content (AvgIpc) is 2.68. The van der Waals surface area contributed by atoms with Gasteiger partial charge in [0.2, 0.25) is 0 Å². The first-order valence-corrected chi connectivity index (χ1v) is 5.69. The van der Waals surface area contributed by atoms with Crippen LogP contribution in [-0.4, -0.2) is 38.4 Å². The molecule has 0 radical (unpaired) electrons. The molecule has 0 atom stereocenters. The summed E-state index contributed by atoms with van der Waals surface area (Å²) in [5, 5.41) is 0. The lowest BCUT2D eigenvalue weighted by molar-refractivity contribution is 0.0588. The minimum Gasteiger partial charge on any atom is -0.443 e. The molecule has 8 nitrogen and oxygen atoms in total. The van der Waals surface area contributed by atoms with Gasteiger partial charge in [-0.05, 0) is 20.8 Å². The minimum atomic E-state index is -0.579. The molecule has 1 amide bonds. The normalized spacial score (nSPS) is 11.6. The molecule has 0 aliphatic rings. The Morgan fingerprint density at radius 1 is 1.37 bits per heavy atom. The first kappa shape index (κ1) is 13.1. The van der Waals surface area contributed by atoms with E-state index in [9.17, 15) is 4.79 Å². The monoisotopic (exact) mass is 264 g/mol. The van der Waals surface area contributed by atoms with Gasteiger partial charge in [0.1, 0.15) is 18.3 Å². The summed E-state index contributed by atoms with van der Waals surface area (Å²) in [7, 11) is 1.56. The van der Waals surface area contributed by atoms with E-state index in [4.69, 9.17) is 10.6 Å². The molecule has 0 saturated heterocycles. The first-order valence-electron chi connectivity index (χ1n) is 5.69. The quantitative estimate of drug-likeness (QED) is 0.768. The van der Waals surface area contributed by atoms with Gasteiger partial charge in [0.25, 0.3) is 0 Å². The van der Waals surface area contributed by atoms with Crippen LogP contribution in [0.5, 0.6) is 0 Å². The molecule has 0 aromatic carbocycles. The molecule has 0 unspecified atom stereocenters. The summed E-state index contributed by atoms with van der Waals surface area (Å²) in [6, 6.07) is 0. The highest BCUT2D eigenvalue weighted by atomic mass is 16.6. The van der Waals surface area contributed by atoms with Gasteiger partial charge in [-0.15, -0.1) is 0 Å². The number of hydrogen-bond acceptors (Lipinski definition) is 6. The Bertz CT molecular complexity index is 615. The lowest BCUT2D eigenvalue weighted by Gasteiger charge is -2.24. The number of anilines is 1. The average molecular weight is 264 g/mol. The van der Waals surface area contributed by atoms with Crippen LogP contribution < -0.4 is 10.7 Å². The van der Waals surface area contributed by atoms with E-state index in [0.717, 1.165) is 0 Å². The second-order valence-electron chi connectivity index (χ2n) is 5.06. The third-order valence-corrected chi connectivity index (χ3v) is 2.32. The Hall–Kier alpha value is -2.38. The number of nitrogens with two attached hydrogens (primary N) is 1. The molecule has 2 rings (SSSR count). The number of nitrogens with zero attached hydrogens (tertiary/aromatic N) is 5. The lowest BCUT2D eigenvalue weighted by atomic mass is 10.2. The van der Waals surface area contributed by atoms with E-state index in [2.05, 4.69) is 15.0 Å². The summed E-state index contributed by atoms with van der Waals surface area (Å²) in [6.45, 7) is 5.38. The number of hydrogen-bond donors (Lipinski definition) is 1. The Balaban J connectivity index is 2.36. The molecule has 2 N–H and O–H groups in total. The zero-order valence-electron chi connectivity index (χ0n) is 11.3. The van der Waals surface area contributed by atoms with Gasteiger partial charge in [-0.3, -0.25) is 4.90 Å². The van der Waals surface area contributed by atoms with Gasteiger partial charge in [-0.2, -0.15) is 0 Å². The maximum atomic E-state index is 12.0. The molecule has 0 spiro atoms. The number of carbonyl (C=O) groups is 1. The Morgan fingerprint density at radius 2 is 2.05 bits per heavy atom. The van der Waals surface area contributed by atoms with Gasteiger partial charge in [0.15, 0.2) is 17.0 Å². The third-order valence-electron chi connectivity index (χ3n) is 2.32. The molecule has 102 valence electrons. The van der Waals surface area contributed by atoms with Crippen molar-refractivity contribution < 1.29 is 9.53 Å². The fourth-order valence-electron chi connectivity index (χ4n) is 1.50. The van der Waals surface area contributed by atoms with Crippen molar-refractivity contribution in [3.63, 3.8) is 0 Å². The lowest BCUT2D eigenvalue weighted by Crippen LogP contribution is -2.34. The molecular formula is C11H16N6O2. The van der Waals surface area contributed by atoms with E-state index in [1.54, 1.807) is 27.8 Å². The molecule has 0 fully saturated rings. The number of amides is 1. The highest BCUT2D eigenvalue weighted by Gasteiger charge is 2.23. The van der Waals surface area contributed by atoms with Crippen molar-refractivity contribution in [2.24, 2.45) is 0 Å². The maximum Gasteiger partial charge on any atom is 0.415 e. The van der Waals surface area contributed by atoms with Gasteiger partial charge < -0.3 is 10.6 Å². The predicted molar refractivity (Wildman–Crippen MR) is 70.1 cm³/mol. The van der Waals surface area contributed by atoms with Crippen molar-refractivity contribution in [3.05, 3.63) is 12.7 Å². The number of aromatic nitrogens is 4. The molecule has 2 aromatic rings. The van der Waals surface area contributed by atoms with Gasteiger partial charge in [0.05, 0.1) is 0 Å². The van der Waals surface area contributed by atoms with Crippen molar-refractivity contribution in [3.8, 4) is 0 Å². The highest BCUT2D eigenvalue weighted by molar-refractivity contribution is 5.95. The van der Waals surface area contributed by atoms with E-state index in [1.807, 2.05) is 0 Å². The number of imidazole rings is 1. The van der Waals surface area contributed by atoms with Crippen molar-refractivity contribution in [1.29, 1.82) is 0 Å². The smallest absolute Gasteiger partial charge is 0.415 e. The largest absolute Gasteiger partial charge is 0.443 e. The molecule has 8 heteroatoms. The molecule has 0 bridgehead atoms. The molecule has 0 aliphatic heterocycles. The molecule has 2 aromatic heterocycles. The molecular weight excluding hydrogens is 248 g/mol. The van der Waals surface area contributed by atoms with Crippen LogP contribution in [0.2, 0.25) is 0 Å². The number of ether oxygens (including phenoxy) is 1. The standard InChI is InChI=1S/C11H16N6O2/c1-11(2,3)19-10(18)16(4)8-7-9(14-5-13-8)17(12)6-15-7/h5-6H,12H2,1-4H3. The third kappa shape index (κ3) is 2.56. The highest BCUT2D eigenvalue weighted by Crippen LogP contribution is 2.21. The van der Waals surface area contributed by atoms with Gasteiger partial charge in [-0.1, -0.05) is 0 Å². The summed E-state index contributed by atoms with van der Waals surface area (Å²) in [5.41, 5.74) is 0.309. The zero-order chi connectivity index (χ0) is 14.2. The van der Waals surface area contributed by atoms with Crippen molar-refractivity contribution in [2.75, 3.05) is 17.8 Å². The first-order chi connectivity index (χ1) is 8.79. The van der Waals surface area contributed by atoms with Crippen LogP contribution in [0.1, 0.15) is 20.8 Å². The Morgan fingerprint density at radius 3 is 2.68 bits per heavy atom. The summed E-state index contributed by atoms with van der Waals surface area (Å²) >= 11 is 0. The topological polar surface area (TPSA) is 99.2 Å². The van der Waals surface area contributed by atoms with Crippen LogP contribution in [-0.2, 0) is 4.74 Å². The molecule has 0 aliphatic carbocycles. The summed E-state index contributed by atoms with van der Waals surface area (Å²) < 4.78 is 6.54. The fourth-order valence-corrected chi connectivity index (χ4v) is 1.50. The molecule has 19 heavy (non-hydrogen) atoms. The van der Waals surface area contributed by atoms with Gasteiger partial charge >= 0.3 is 6.09 Å². The molecule has 2 heterocycles. The maximum absolute atomic E-state index is 12.0. The Kier molecular flexibility index (Phi) is 3.01. The van der Waals surface area contributed by atoms with Crippen molar-refractivity contribution >= 4 is 23.1 Å². The van der Waals surface area contributed by atoms with Crippen molar-refractivity contribution in [1.82, 2.24) is 19.6 Å².